The van der Waals surface area contributed by atoms with Crippen LogP contribution in [0, 0.1) is 5.92 Å². The zero-order valence-electron chi connectivity index (χ0n) is 8.46. The molecule has 1 heteroatoms. The fourth-order valence-electron chi connectivity index (χ4n) is 2.02. The lowest BCUT2D eigenvalue weighted by molar-refractivity contribution is 0.577. The molecule has 0 amide bonds. The summed E-state index contributed by atoms with van der Waals surface area (Å²) in [5.74, 6) is 0.592. The van der Waals surface area contributed by atoms with Crippen LogP contribution in [0.3, 0.4) is 0 Å². The third-order valence-electron chi connectivity index (χ3n) is 2.90. The molecule has 14 heavy (non-hydrogen) atoms. The summed E-state index contributed by atoms with van der Waals surface area (Å²) < 4.78 is 12.8. The number of allylic oxidation sites excluding steroid dienone is 8. The molecular formula is C13H15F. The van der Waals surface area contributed by atoms with E-state index in [2.05, 4.69) is 25.2 Å². The van der Waals surface area contributed by atoms with Crippen LogP contribution in [-0.2, 0) is 0 Å². The van der Waals surface area contributed by atoms with Gasteiger partial charge in [-0.1, -0.05) is 31.2 Å². The van der Waals surface area contributed by atoms with Crippen LogP contribution < -0.4 is 0 Å². The van der Waals surface area contributed by atoms with Crippen LogP contribution in [0.15, 0.2) is 47.4 Å². The average Bonchev–Trinajstić information content (AvgIpc) is 2.20. The van der Waals surface area contributed by atoms with E-state index in [0.717, 1.165) is 12.8 Å². The Morgan fingerprint density at radius 3 is 2.71 bits per heavy atom. The summed E-state index contributed by atoms with van der Waals surface area (Å²) in [6, 6.07) is 0. The molecule has 0 bridgehead atoms. The number of hydrogen-bond acceptors (Lipinski definition) is 0. The lowest BCUT2D eigenvalue weighted by Crippen LogP contribution is -2.05. The molecule has 0 N–H and O–H groups in total. The maximum Gasteiger partial charge on any atom is 0.100 e. The van der Waals surface area contributed by atoms with Gasteiger partial charge in [-0.2, -0.15) is 0 Å². The van der Waals surface area contributed by atoms with Gasteiger partial charge in [0.05, 0.1) is 0 Å². The fraction of sp³-hybridized carbons (Fsp3) is 0.385. The molecular weight excluding hydrogens is 175 g/mol. The van der Waals surface area contributed by atoms with E-state index < -0.39 is 0 Å². The van der Waals surface area contributed by atoms with E-state index in [-0.39, 0.29) is 5.83 Å². The zero-order valence-corrected chi connectivity index (χ0v) is 8.46. The summed E-state index contributed by atoms with van der Waals surface area (Å²) in [6.45, 7) is 2.23. The van der Waals surface area contributed by atoms with Crippen molar-refractivity contribution in [1.82, 2.24) is 0 Å². The van der Waals surface area contributed by atoms with Crippen LogP contribution in [0.1, 0.15) is 26.2 Å². The molecule has 0 aliphatic heterocycles. The van der Waals surface area contributed by atoms with Gasteiger partial charge >= 0.3 is 0 Å². The molecule has 0 aromatic carbocycles. The van der Waals surface area contributed by atoms with Gasteiger partial charge in [0.2, 0.25) is 0 Å². The van der Waals surface area contributed by atoms with Gasteiger partial charge < -0.3 is 0 Å². The molecule has 2 aliphatic rings. The second-order valence-corrected chi connectivity index (χ2v) is 3.99. The highest BCUT2D eigenvalue weighted by Gasteiger charge is 2.16. The minimum atomic E-state index is 0.00774. The Labute approximate surface area is 84.5 Å². The topological polar surface area (TPSA) is 0 Å². The van der Waals surface area contributed by atoms with Crippen molar-refractivity contribution in [2.24, 2.45) is 5.92 Å². The van der Waals surface area contributed by atoms with Gasteiger partial charge in [-0.15, -0.1) is 0 Å². The van der Waals surface area contributed by atoms with E-state index in [4.69, 9.17) is 0 Å². The first-order chi connectivity index (χ1) is 6.77. The molecule has 0 radical (unpaired) electrons. The summed E-state index contributed by atoms with van der Waals surface area (Å²) in [5, 5.41) is 0. The Bertz CT molecular complexity index is 342. The maximum atomic E-state index is 12.8. The minimum Gasteiger partial charge on any atom is -0.212 e. The first-order valence-corrected chi connectivity index (χ1v) is 5.19. The van der Waals surface area contributed by atoms with Crippen molar-refractivity contribution in [3.63, 3.8) is 0 Å². The SMILES string of the molecule is CC1CC=CC=C1C1=CC=C(F)CC1. The molecule has 0 nitrogen and oxygen atoms in total. The number of rotatable bonds is 1. The Balaban J connectivity index is 2.23. The Kier molecular flexibility index (Phi) is 2.67. The molecule has 0 aromatic heterocycles. The standard InChI is InChI=1S/C13H15F/c1-10-4-2-3-5-13(10)11-6-8-12(14)9-7-11/h2-3,5-6,8,10H,4,7,9H2,1H3. The van der Waals surface area contributed by atoms with E-state index in [1.54, 1.807) is 6.08 Å². The molecule has 0 saturated carbocycles. The Morgan fingerprint density at radius 1 is 1.21 bits per heavy atom. The van der Waals surface area contributed by atoms with Crippen molar-refractivity contribution in [1.29, 1.82) is 0 Å². The van der Waals surface area contributed by atoms with Crippen molar-refractivity contribution in [3.05, 3.63) is 47.4 Å². The first kappa shape index (κ1) is 9.45. The smallest absolute Gasteiger partial charge is 0.100 e. The van der Waals surface area contributed by atoms with Gasteiger partial charge in [-0.3, -0.25) is 0 Å². The maximum absolute atomic E-state index is 12.8. The highest BCUT2D eigenvalue weighted by atomic mass is 19.1. The minimum absolute atomic E-state index is 0.00774. The van der Waals surface area contributed by atoms with E-state index in [0.29, 0.717) is 12.3 Å². The molecule has 0 aromatic rings. The van der Waals surface area contributed by atoms with Crippen LogP contribution in [0.4, 0.5) is 4.39 Å². The predicted molar refractivity (Wildman–Crippen MR) is 57.5 cm³/mol. The van der Waals surface area contributed by atoms with E-state index >= 15 is 0 Å². The Hall–Kier alpha value is -1.11. The molecule has 1 atom stereocenters. The second kappa shape index (κ2) is 3.95. The van der Waals surface area contributed by atoms with Crippen LogP contribution in [0.25, 0.3) is 0 Å². The van der Waals surface area contributed by atoms with Crippen molar-refractivity contribution in [2.45, 2.75) is 26.2 Å². The summed E-state index contributed by atoms with van der Waals surface area (Å²) >= 11 is 0. The molecule has 1 unspecified atom stereocenters. The summed E-state index contributed by atoms with van der Waals surface area (Å²) in [6.07, 6.45) is 12.5. The van der Waals surface area contributed by atoms with Crippen molar-refractivity contribution >= 4 is 0 Å². The zero-order chi connectivity index (χ0) is 9.97. The van der Waals surface area contributed by atoms with Gasteiger partial charge in [0.15, 0.2) is 0 Å². The predicted octanol–water partition coefficient (Wildman–Crippen LogP) is 4.08. The lowest BCUT2D eigenvalue weighted by atomic mass is 9.84. The first-order valence-electron chi connectivity index (χ1n) is 5.19. The number of hydrogen-bond donors (Lipinski definition) is 0. The summed E-state index contributed by atoms with van der Waals surface area (Å²) in [7, 11) is 0. The third-order valence-corrected chi connectivity index (χ3v) is 2.90. The van der Waals surface area contributed by atoms with Gasteiger partial charge in [0, 0.05) is 6.42 Å². The van der Waals surface area contributed by atoms with Gasteiger partial charge in [0.1, 0.15) is 5.83 Å². The number of halogens is 1. The van der Waals surface area contributed by atoms with Crippen LogP contribution in [0.5, 0.6) is 0 Å². The largest absolute Gasteiger partial charge is 0.212 e. The van der Waals surface area contributed by atoms with Gasteiger partial charge in [-0.25, -0.2) is 4.39 Å². The van der Waals surface area contributed by atoms with Crippen LogP contribution >= 0.6 is 0 Å². The van der Waals surface area contributed by atoms with Crippen molar-refractivity contribution in [2.75, 3.05) is 0 Å². The second-order valence-electron chi connectivity index (χ2n) is 3.99. The highest BCUT2D eigenvalue weighted by molar-refractivity contribution is 5.41. The molecule has 2 aliphatic carbocycles. The van der Waals surface area contributed by atoms with Gasteiger partial charge in [0.25, 0.3) is 0 Å². The fourth-order valence-corrected chi connectivity index (χ4v) is 2.02. The van der Waals surface area contributed by atoms with Crippen molar-refractivity contribution < 1.29 is 4.39 Å². The van der Waals surface area contributed by atoms with E-state index in [9.17, 15) is 4.39 Å². The monoisotopic (exact) mass is 190 g/mol. The quantitative estimate of drug-likeness (QED) is 0.584. The normalized spacial score (nSPS) is 26.7. The summed E-state index contributed by atoms with van der Waals surface area (Å²) in [4.78, 5) is 0. The highest BCUT2D eigenvalue weighted by Crippen LogP contribution is 2.32. The Morgan fingerprint density at radius 2 is 2.07 bits per heavy atom. The molecule has 0 heterocycles. The summed E-state index contributed by atoms with van der Waals surface area (Å²) in [5.41, 5.74) is 2.69. The van der Waals surface area contributed by atoms with Crippen LogP contribution in [-0.4, -0.2) is 0 Å². The van der Waals surface area contributed by atoms with E-state index in [1.807, 2.05) is 6.08 Å². The van der Waals surface area contributed by atoms with E-state index in [1.165, 1.54) is 11.1 Å². The van der Waals surface area contributed by atoms with Crippen molar-refractivity contribution in [3.8, 4) is 0 Å². The molecule has 0 spiro atoms. The third kappa shape index (κ3) is 1.87. The van der Waals surface area contributed by atoms with Crippen LogP contribution in [0.2, 0.25) is 0 Å². The average molecular weight is 190 g/mol. The molecule has 0 fully saturated rings. The molecule has 2 rings (SSSR count). The molecule has 74 valence electrons. The molecule has 0 saturated heterocycles. The van der Waals surface area contributed by atoms with Gasteiger partial charge in [-0.05, 0) is 36.0 Å². The lowest BCUT2D eigenvalue weighted by Gasteiger charge is -2.21.